The number of amides is 2. The van der Waals surface area contributed by atoms with Gasteiger partial charge in [0.05, 0.1) is 11.6 Å². The minimum atomic E-state index is -0.490. The van der Waals surface area contributed by atoms with Gasteiger partial charge in [-0.2, -0.15) is 0 Å². The fourth-order valence-corrected chi connectivity index (χ4v) is 2.38. The molecule has 1 fully saturated rings. The Bertz CT molecular complexity index is 530. The smallest absolute Gasteiger partial charge is 0.227 e. The second-order valence-corrected chi connectivity index (χ2v) is 5.04. The number of nitrogens with two attached hydrogens (primary N) is 1. The molecule has 1 aliphatic rings. The summed E-state index contributed by atoms with van der Waals surface area (Å²) < 4.78 is 0.756. The molecule has 18 heavy (non-hydrogen) atoms. The number of aldehydes is 1. The molecule has 5 nitrogen and oxygen atoms in total. The molecule has 2 N–H and O–H groups in total. The molecule has 0 saturated carbocycles. The maximum atomic E-state index is 11.8. The van der Waals surface area contributed by atoms with Crippen LogP contribution in [0.5, 0.6) is 0 Å². The standard InChI is InChI=1S/C12H11BrN2O3/c13-9-1-2-10(8(3-9)6-16)15-5-7(12(14)18)4-11(15)17/h1-3,6-7H,4-5H2,(H2,14,18). The molecule has 6 heteroatoms. The summed E-state index contributed by atoms with van der Waals surface area (Å²) in [4.78, 5) is 35.4. The van der Waals surface area contributed by atoms with Crippen LogP contribution >= 0.6 is 15.9 Å². The van der Waals surface area contributed by atoms with Crippen molar-refractivity contribution in [1.82, 2.24) is 0 Å². The van der Waals surface area contributed by atoms with E-state index in [0.717, 1.165) is 4.47 Å². The van der Waals surface area contributed by atoms with Gasteiger partial charge in [-0.25, -0.2) is 0 Å². The SMILES string of the molecule is NC(=O)C1CC(=O)N(c2ccc(Br)cc2C=O)C1. The first-order chi connectivity index (χ1) is 8.52. The maximum absolute atomic E-state index is 11.8. The van der Waals surface area contributed by atoms with E-state index in [-0.39, 0.29) is 18.9 Å². The van der Waals surface area contributed by atoms with Gasteiger partial charge in [0.25, 0.3) is 0 Å². The highest BCUT2D eigenvalue weighted by Gasteiger charge is 2.34. The van der Waals surface area contributed by atoms with Gasteiger partial charge < -0.3 is 10.6 Å². The van der Waals surface area contributed by atoms with E-state index in [0.29, 0.717) is 17.5 Å². The first-order valence-corrected chi connectivity index (χ1v) is 6.16. The first-order valence-electron chi connectivity index (χ1n) is 5.37. The Morgan fingerprint density at radius 1 is 1.50 bits per heavy atom. The molecular formula is C12H11BrN2O3. The highest BCUT2D eigenvalue weighted by atomic mass is 79.9. The molecule has 1 heterocycles. The Balaban J connectivity index is 2.35. The highest BCUT2D eigenvalue weighted by Crippen LogP contribution is 2.29. The number of halogens is 1. The molecule has 1 saturated heterocycles. The molecule has 2 amide bonds. The van der Waals surface area contributed by atoms with Crippen LogP contribution in [-0.4, -0.2) is 24.6 Å². The van der Waals surface area contributed by atoms with Gasteiger partial charge in [-0.3, -0.25) is 14.4 Å². The van der Waals surface area contributed by atoms with Crippen molar-refractivity contribution in [3.8, 4) is 0 Å². The second-order valence-electron chi connectivity index (χ2n) is 4.13. The lowest BCUT2D eigenvalue weighted by Crippen LogP contribution is -2.29. The van der Waals surface area contributed by atoms with Crippen LogP contribution in [-0.2, 0) is 9.59 Å². The molecular weight excluding hydrogens is 300 g/mol. The summed E-state index contributed by atoms with van der Waals surface area (Å²) in [6.45, 7) is 0.233. The quantitative estimate of drug-likeness (QED) is 0.849. The Labute approximate surface area is 112 Å². The number of rotatable bonds is 3. The summed E-state index contributed by atoms with van der Waals surface area (Å²) in [6, 6.07) is 5.05. The van der Waals surface area contributed by atoms with Crippen molar-refractivity contribution in [3.05, 3.63) is 28.2 Å². The Morgan fingerprint density at radius 3 is 2.78 bits per heavy atom. The molecule has 0 aliphatic carbocycles. The van der Waals surface area contributed by atoms with E-state index in [2.05, 4.69) is 15.9 Å². The predicted octanol–water partition coefficient (Wildman–Crippen LogP) is 1.10. The molecule has 0 radical (unpaired) electrons. The van der Waals surface area contributed by atoms with E-state index in [4.69, 9.17) is 5.73 Å². The van der Waals surface area contributed by atoms with E-state index in [1.165, 1.54) is 4.90 Å². The van der Waals surface area contributed by atoms with Crippen molar-refractivity contribution in [3.63, 3.8) is 0 Å². The van der Waals surface area contributed by atoms with Crippen LogP contribution in [0.15, 0.2) is 22.7 Å². The van der Waals surface area contributed by atoms with Gasteiger partial charge in [-0.05, 0) is 18.2 Å². The van der Waals surface area contributed by atoms with E-state index >= 15 is 0 Å². The van der Waals surface area contributed by atoms with Crippen molar-refractivity contribution in [2.24, 2.45) is 11.7 Å². The third-order valence-electron chi connectivity index (χ3n) is 2.93. The Hall–Kier alpha value is -1.69. The zero-order valence-electron chi connectivity index (χ0n) is 9.43. The number of anilines is 1. The molecule has 1 aromatic rings. The summed E-state index contributed by atoms with van der Waals surface area (Å²) in [5.74, 6) is -1.17. The Kier molecular flexibility index (Phi) is 3.47. The number of carbonyl (C=O) groups excluding carboxylic acids is 3. The van der Waals surface area contributed by atoms with Crippen LogP contribution in [0.4, 0.5) is 5.69 Å². The minimum Gasteiger partial charge on any atom is -0.369 e. The normalized spacial score (nSPS) is 19.1. The molecule has 2 rings (SSSR count). The van der Waals surface area contributed by atoms with Crippen LogP contribution in [0.3, 0.4) is 0 Å². The van der Waals surface area contributed by atoms with E-state index in [9.17, 15) is 14.4 Å². The third kappa shape index (κ3) is 2.28. The molecule has 0 bridgehead atoms. The molecule has 0 aromatic heterocycles. The molecule has 1 aliphatic heterocycles. The maximum Gasteiger partial charge on any atom is 0.227 e. The molecule has 94 valence electrons. The van der Waals surface area contributed by atoms with Gasteiger partial charge >= 0.3 is 0 Å². The van der Waals surface area contributed by atoms with Crippen molar-refractivity contribution in [2.45, 2.75) is 6.42 Å². The monoisotopic (exact) mass is 310 g/mol. The number of benzene rings is 1. The van der Waals surface area contributed by atoms with Crippen LogP contribution in [0.2, 0.25) is 0 Å². The highest BCUT2D eigenvalue weighted by molar-refractivity contribution is 9.10. The second kappa shape index (κ2) is 4.89. The van der Waals surface area contributed by atoms with Gasteiger partial charge in [0.1, 0.15) is 0 Å². The largest absolute Gasteiger partial charge is 0.369 e. The van der Waals surface area contributed by atoms with Gasteiger partial charge in [-0.1, -0.05) is 15.9 Å². The number of primary amides is 1. The van der Waals surface area contributed by atoms with Crippen LogP contribution in [0.25, 0.3) is 0 Å². The van der Waals surface area contributed by atoms with Crippen LogP contribution < -0.4 is 10.6 Å². The lowest BCUT2D eigenvalue weighted by Gasteiger charge is -2.18. The van der Waals surface area contributed by atoms with Crippen LogP contribution in [0, 0.1) is 5.92 Å². The van der Waals surface area contributed by atoms with E-state index < -0.39 is 11.8 Å². The predicted molar refractivity (Wildman–Crippen MR) is 69.2 cm³/mol. The van der Waals surface area contributed by atoms with Gasteiger partial charge in [0.15, 0.2) is 6.29 Å². The average Bonchev–Trinajstić information content (AvgIpc) is 2.71. The summed E-state index contributed by atoms with van der Waals surface area (Å²) in [7, 11) is 0. The lowest BCUT2D eigenvalue weighted by atomic mass is 10.1. The fraction of sp³-hybridized carbons (Fsp3) is 0.250. The topological polar surface area (TPSA) is 80.5 Å². The van der Waals surface area contributed by atoms with E-state index in [1.807, 2.05) is 0 Å². The minimum absolute atomic E-state index is 0.101. The van der Waals surface area contributed by atoms with Crippen molar-refractivity contribution >= 4 is 39.7 Å². The molecule has 1 atom stereocenters. The number of carbonyl (C=O) groups is 3. The van der Waals surface area contributed by atoms with Crippen molar-refractivity contribution in [2.75, 3.05) is 11.4 Å². The van der Waals surface area contributed by atoms with E-state index in [1.54, 1.807) is 18.2 Å². The zero-order chi connectivity index (χ0) is 13.3. The number of hydrogen-bond acceptors (Lipinski definition) is 3. The Morgan fingerprint density at radius 2 is 2.22 bits per heavy atom. The van der Waals surface area contributed by atoms with Crippen LogP contribution in [0.1, 0.15) is 16.8 Å². The summed E-state index contributed by atoms with van der Waals surface area (Å²) in [5, 5.41) is 0. The summed E-state index contributed by atoms with van der Waals surface area (Å²) in [6.07, 6.45) is 0.786. The van der Waals surface area contributed by atoms with Crippen molar-refractivity contribution in [1.29, 1.82) is 0 Å². The number of hydrogen-bond donors (Lipinski definition) is 1. The first kappa shape index (κ1) is 12.8. The van der Waals surface area contributed by atoms with Gasteiger partial charge in [0.2, 0.25) is 11.8 Å². The third-order valence-corrected chi connectivity index (χ3v) is 3.43. The summed E-state index contributed by atoms with van der Waals surface area (Å²) in [5.41, 5.74) is 6.12. The zero-order valence-corrected chi connectivity index (χ0v) is 11.0. The molecule has 1 unspecified atom stereocenters. The lowest BCUT2D eigenvalue weighted by molar-refractivity contribution is -0.123. The van der Waals surface area contributed by atoms with Crippen molar-refractivity contribution < 1.29 is 14.4 Å². The number of nitrogens with zero attached hydrogens (tertiary/aromatic N) is 1. The molecule has 1 aromatic carbocycles. The van der Waals surface area contributed by atoms with Gasteiger partial charge in [-0.15, -0.1) is 0 Å². The summed E-state index contributed by atoms with van der Waals surface area (Å²) >= 11 is 3.26. The van der Waals surface area contributed by atoms with Gasteiger partial charge in [0, 0.05) is 23.0 Å². The molecule has 0 spiro atoms. The fourth-order valence-electron chi connectivity index (χ4n) is 2.00. The average molecular weight is 311 g/mol.